The van der Waals surface area contributed by atoms with E-state index in [1.165, 1.54) is 44.4 Å². The average molecular weight is 502 g/mol. The van der Waals surface area contributed by atoms with Gasteiger partial charge in [-0.3, -0.25) is 4.79 Å². The van der Waals surface area contributed by atoms with Crippen LogP contribution in [0.4, 0.5) is 0 Å². The molecule has 0 saturated heterocycles. The Labute approximate surface area is 213 Å². The minimum absolute atomic E-state index is 0.0532. The average Bonchev–Trinajstić information content (AvgIpc) is 2.92. The molecule has 37 heavy (non-hydrogen) atoms. The fourth-order valence-corrected chi connectivity index (χ4v) is 3.78. The van der Waals surface area contributed by atoms with Crippen LogP contribution < -0.4 is 24.5 Å². The first kappa shape index (κ1) is 25.4. The number of nitrogens with zero attached hydrogens (tertiary/aromatic N) is 3. The van der Waals surface area contributed by atoms with Crippen molar-refractivity contribution in [1.29, 1.82) is 0 Å². The number of aromatic nitrogens is 2. The van der Waals surface area contributed by atoms with Gasteiger partial charge in [-0.05, 0) is 36.4 Å². The van der Waals surface area contributed by atoms with Crippen molar-refractivity contribution in [2.24, 2.45) is 5.10 Å². The lowest BCUT2D eigenvalue weighted by atomic mass is 10.1. The molecule has 4 rings (SSSR count). The molecule has 0 bridgehead atoms. The van der Waals surface area contributed by atoms with E-state index in [4.69, 9.17) is 18.9 Å². The fraction of sp³-hybridized carbons (Fsp3) is 0.214. The maximum atomic E-state index is 13.2. The normalized spacial score (nSPS) is 11.2. The predicted octanol–water partition coefficient (Wildman–Crippen LogP) is 4.65. The van der Waals surface area contributed by atoms with E-state index in [9.17, 15) is 9.59 Å². The third-order valence-electron chi connectivity index (χ3n) is 5.63. The quantitative estimate of drug-likeness (QED) is 0.197. The summed E-state index contributed by atoms with van der Waals surface area (Å²) in [5, 5.41) is 4.90. The first-order valence-corrected chi connectivity index (χ1v) is 11.5. The number of hydrogen-bond acceptors (Lipinski definition) is 8. The van der Waals surface area contributed by atoms with E-state index in [0.29, 0.717) is 39.5 Å². The molecule has 0 spiro atoms. The number of esters is 1. The van der Waals surface area contributed by atoms with E-state index in [2.05, 4.69) is 10.1 Å². The van der Waals surface area contributed by atoms with Crippen LogP contribution in [-0.4, -0.2) is 43.2 Å². The number of ether oxygens (including phenoxy) is 4. The van der Waals surface area contributed by atoms with E-state index in [-0.39, 0.29) is 22.8 Å². The van der Waals surface area contributed by atoms with Crippen LogP contribution >= 0.6 is 0 Å². The fourth-order valence-electron chi connectivity index (χ4n) is 3.78. The monoisotopic (exact) mass is 501 g/mol. The van der Waals surface area contributed by atoms with Crippen LogP contribution in [0.2, 0.25) is 0 Å². The van der Waals surface area contributed by atoms with Crippen LogP contribution in [0.5, 0.6) is 23.0 Å². The standard InChI is InChI=1S/C28H27N3O6/c1-17(2)26-30-21-12-8-7-11-20(21)27(32)31(26)29-16-18-10-6-9-13-22(18)37-28(33)19-14-23(34-3)25(36-5)24(15-19)35-4/h6-17H,1-5H3. The third kappa shape index (κ3) is 5.16. The van der Waals surface area contributed by atoms with Gasteiger partial charge in [0, 0.05) is 11.5 Å². The molecule has 0 aliphatic heterocycles. The lowest BCUT2D eigenvalue weighted by molar-refractivity contribution is 0.0733. The minimum Gasteiger partial charge on any atom is -0.493 e. The van der Waals surface area contributed by atoms with Gasteiger partial charge in [-0.25, -0.2) is 9.78 Å². The van der Waals surface area contributed by atoms with Gasteiger partial charge in [0.25, 0.3) is 5.56 Å². The van der Waals surface area contributed by atoms with Gasteiger partial charge in [-0.15, -0.1) is 0 Å². The number of para-hydroxylation sites is 2. The van der Waals surface area contributed by atoms with Crippen LogP contribution in [0.15, 0.2) is 70.6 Å². The van der Waals surface area contributed by atoms with Crippen molar-refractivity contribution in [3.63, 3.8) is 0 Å². The van der Waals surface area contributed by atoms with Crippen molar-refractivity contribution in [3.05, 3.63) is 88.0 Å². The number of carbonyl (C=O) groups is 1. The highest BCUT2D eigenvalue weighted by Crippen LogP contribution is 2.38. The van der Waals surface area contributed by atoms with E-state index >= 15 is 0 Å². The number of hydrogen-bond donors (Lipinski definition) is 0. The highest BCUT2D eigenvalue weighted by molar-refractivity contribution is 5.94. The van der Waals surface area contributed by atoms with Gasteiger partial charge >= 0.3 is 5.97 Å². The Morgan fingerprint density at radius 1 is 0.919 bits per heavy atom. The lowest BCUT2D eigenvalue weighted by Gasteiger charge is -2.14. The largest absolute Gasteiger partial charge is 0.493 e. The molecule has 0 radical (unpaired) electrons. The van der Waals surface area contributed by atoms with E-state index in [1.807, 2.05) is 19.9 Å². The Morgan fingerprint density at radius 2 is 1.57 bits per heavy atom. The van der Waals surface area contributed by atoms with Crippen molar-refractivity contribution in [3.8, 4) is 23.0 Å². The first-order valence-electron chi connectivity index (χ1n) is 11.5. The summed E-state index contributed by atoms with van der Waals surface area (Å²) in [4.78, 5) is 30.9. The smallest absolute Gasteiger partial charge is 0.343 e. The number of carbonyl (C=O) groups excluding carboxylic acids is 1. The van der Waals surface area contributed by atoms with Gasteiger partial charge in [-0.1, -0.05) is 38.1 Å². The van der Waals surface area contributed by atoms with Crippen LogP contribution in [0.3, 0.4) is 0 Å². The van der Waals surface area contributed by atoms with Crippen LogP contribution in [0, 0.1) is 0 Å². The maximum Gasteiger partial charge on any atom is 0.343 e. The second-order valence-corrected chi connectivity index (χ2v) is 8.34. The predicted molar refractivity (Wildman–Crippen MR) is 141 cm³/mol. The Balaban J connectivity index is 1.70. The van der Waals surface area contributed by atoms with Crippen molar-refractivity contribution in [2.45, 2.75) is 19.8 Å². The first-order chi connectivity index (χ1) is 17.9. The molecule has 9 heteroatoms. The van der Waals surface area contributed by atoms with Crippen molar-refractivity contribution >= 4 is 23.1 Å². The van der Waals surface area contributed by atoms with E-state index < -0.39 is 5.97 Å². The molecule has 1 aromatic heterocycles. The Bertz CT molecular complexity index is 1520. The SMILES string of the molecule is COc1cc(C(=O)Oc2ccccc2C=Nn2c(C(C)C)nc3ccccc3c2=O)cc(OC)c1OC. The van der Waals surface area contributed by atoms with Gasteiger partial charge in [0.2, 0.25) is 5.75 Å². The molecular formula is C28H27N3O6. The number of methoxy groups -OCH3 is 3. The highest BCUT2D eigenvalue weighted by atomic mass is 16.5. The molecule has 4 aromatic rings. The molecule has 1 heterocycles. The van der Waals surface area contributed by atoms with Crippen molar-refractivity contribution in [2.75, 3.05) is 21.3 Å². The third-order valence-corrected chi connectivity index (χ3v) is 5.63. The summed E-state index contributed by atoms with van der Waals surface area (Å²) in [6.45, 7) is 3.88. The molecule has 190 valence electrons. The van der Waals surface area contributed by atoms with Crippen LogP contribution in [0.25, 0.3) is 10.9 Å². The molecule has 0 fully saturated rings. The van der Waals surface area contributed by atoms with Gasteiger partial charge in [0.1, 0.15) is 11.6 Å². The zero-order valence-corrected chi connectivity index (χ0v) is 21.2. The van der Waals surface area contributed by atoms with Crippen LogP contribution in [-0.2, 0) is 0 Å². The molecule has 0 saturated carbocycles. The molecule has 0 amide bonds. The summed E-state index contributed by atoms with van der Waals surface area (Å²) in [6, 6.07) is 17.0. The Kier molecular flexibility index (Phi) is 7.52. The molecule has 3 aromatic carbocycles. The molecule has 0 unspecified atom stereocenters. The Hall–Kier alpha value is -4.66. The van der Waals surface area contributed by atoms with E-state index in [0.717, 1.165) is 0 Å². The molecule has 0 aliphatic rings. The Morgan fingerprint density at radius 3 is 2.22 bits per heavy atom. The number of benzene rings is 3. The van der Waals surface area contributed by atoms with Crippen LogP contribution in [0.1, 0.15) is 41.5 Å². The van der Waals surface area contributed by atoms with Gasteiger partial charge < -0.3 is 18.9 Å². The van der Waals surface area contributed by atoms with E-state index in [1.54, 1.807) is 42.5 Å². The maximum absolute atomic E-state index is 13.2. The highest BCUT2D eigenvalue weighted by Gasteiger charge is 2.19. The minimum atomic E-state index is -0.632. The second-order valence-electron chi connectivity index (χ2n) is 8.34. The van der Waals surface area contributed by atoms with Gasteiger partial charge in [-0.2, -0.15) is 9.78 Å². The number of fused-ring (bicyclic) bond motifs is 1. The zero-order chi connectivity index (χ0) is 26.5. The number of rotatable bonds is 8. The molecule has 0 N–H and O–H groups in total. The summed E-state index contributed by atoms with van der Waals surface area (Å²) in [5.74, 6) is 1.12. The summed E-state index contributed by atoms with van der Waals surface area (Å²) in [6.07, 6.45) is 1.47. The molecule has 0 atom stereocenters. The second kappa shape index (κ2) is 10.9. The molecular weight excluding hydrogens is 474 g/mol. The summed E-state index contributed by atoms with van der Waals surface area (Å²) in [5.41, 5.74) is 1.04. The zero-order valence-electron chi connectivity index (χ0n) is 21.2. The molecule has 0 aliphatic carbocycles. The van der Waals surface area contributed by atoms with Crippen molar-refractivity contribution < 1.29 is 23.7 Å². The van der Waals surface area contributed by atoms with Gasteiger partial charge in [0.05, 0.1) is 44.0 Å². The van der Waals surface area contributed by atoms with Crippen molar-refractivity contribution in [1.82, 2.24) is 9.66 Å². The molecule has 9 nitrogen and oxygen atoms in total. The topological polar surface area (TPSA) is 101 Å². The lowest BCUT2D eigenvalue weighted by Crippen LogP contribution is -2.23. The summed E-state index contributed by atoms with van der Waals surface area (Å²) in [7, 11) is 4.41. The summed E-state index contributed by atoms with van der Waals surface area (Å²) >= 11 is 0. The summed E-state index contributed by atoms with van der Waals surface area (Å²) < 4.78 is 22.9. The van der Waals surface area contributed by atoms with Gasteiger partial charge in [0.15, 0.2) is 11.5 Å².